The summed E-state index contributed by atoms with van der Waals surface area (Å²) in [5.74, 6) is 0.342. The number of fused-ring (bicyclic) bond motifs is 2. The summed E-state index contributed by atoms with van der Waals surface area (Å²) < 4.78 is 36.2. The van der Waals surface area contributed by atoms with Crippen LogP contribution in [0.5, 0.6) is 0 Å². The van der Waals surface area contributed by atoms with Gasteiger partial charge in [-0.2, -0.15) is 4.37 Å². The number of anilines is 3. The molecule has 0 bridgehead atoms. The topological polar surface area (TPSA) is 101 Å². The number of sulfone groups is 1. The van der Waals surface area contributed by atoms with Gasteiger partial charge in [0.25, 0.3) is 0 Å². The van der Waals surface area contributed by atoms with Gasteiger partial charge in [0.2, 0.25) is 20.9 Å². The SMILES string of the molecule is Cc1nsc(NC(=O)C(CC2CCOCC2)c2ccc3c(c2)N(C)c2ccccc2S3(=O)=O)n1. The zero-order valence-corrected chi connectivity index (χ0v) is 20.7. The summed E-state index contributed by atoms with van der Waals surface area (Å²) in [5, 5.41) is 3.38. The molecule has 5 rings (SSSR count). The molecule has 2 aromatic carbocycles. The number of para-hydroxylation sites is 1. The van der Waals surface area contributed by atoms with Crippen molar-refractivity contribution in [2.75, 3.05) is 30.5 Å². The van der Waals surface area contributed by atoms with Crippen LogP contribution in [0.1, 0.15) is 36.6 Å². The lowest BCUT2D eigenvalue weighted by atomic mass is 9.84. The third-order valence-electron chi connectivity index (χ3n) is 6.54. The van der Waals surface area contributed by atoms with Gasteiger partial charge < -0.3 is 15.0 Å². The van der Waals surface area contributed by atoms with Crippen LogP contribution in [0.15, 0.2) is 52.3 Å². The maximum Gasteiger partial charge on any atom is 0.233 e. The number of aryl methyl sites for hydroxylation is 1. The van der Waals surface area contributed by atoms with Crippen LogP contribution in [0, 0.1) is 12.8 Å². The molecule has 0 radical (unpaired) electrons. The highest BCUT2D eigenvalue weighted by molar-refractivity contribution is 7.92. The van der Waals surface area contributed by atoms with E-state index < -0.39 is 15.8 Å². The van der Waals surface area contributed by atoms with Gasteiger partial charge in [-0.05, 0) is 61.9 Å². The van der Waals surface area contributed by atoms with E-state index in [0.717, 1.165) is 29.9 Å². The maximum absolute atomic E-state index is 13.4. The lowest BCUT2D eigenvalue weighted by molar-refractivity contribution is -0.118. The molecule has 2 aliphatic heterocycles. The fourth-order valence-corrected chi connectivity index (χ4v) is 6.97. The van der Waals surface area contributed by atoms with Gasteiger partial charge in [-0.3, -0.25) is 4.79 Å². The van der Waals surface area contributed by atoms with Crippen molar-refractivity contribution >= 4 is 43.8 Å². The summed E-state index contributed by atoms with van der Waals surface area (Å²) in [4.78, 5) is 20.1. The van der Waals surface area contributed by atoms with Gasteiger partial charge in [0.1, 0.15) is 5.82 Å². The van der Waals surface area contributed by atoms with Gasteiger partial charge in [-0.15, -0.1) is 0 Å². The van der Waals surface area contributed by atoms with Crippen molar-refractivity contribution in [1.29, 1.82) is 0 Å². The first-order chi connectivity index (χ1) is 16.3. The Bertz CT molecular complexity index is 1330. The number of nitrogens with one attached hydrogen (secondary N) is 1. The minimum atomic E-state index is -3.65. The van der Waals surface area contributed by atoms with Crippen molar-refractivity contribution in [3.63, 3.8) is 0 Å². The summed E-state index contributed by atoms with van der Waals surface area (Å²) in [6.45, 7) is 3.16. The van der Waals surface area contributed by atoms with Crippen LogP contribution in [0.25, 0.3) is 0 Å². The summed E-state index contributed by atoms with van der Waals surface area (Å²) in [6, 6.07) is 12.2. The average molecular weight is 499 g/mol. The smallest absolute Gasteiger partial charge is 0.233 e. The number of benzene rings is 2. The highest BCUT2D eigenvalue weighted by atomic mass is 32.2. The lowest BCUT2D eigenvalue weighted by Gasteiger charge is -2.31. The zero-order chi connectivity index (χ0) is 23.9. The van der Waals surface area contributed by atoms with Crippen molar-refractivity contribution in [3.05, 3.63) is 53.9 Å². The van der Waals surface area contributed by atoms with E-state index in [-0.39, 0.29) is 10.8 Å². The minimum absolute atomic E-state index is 0.163. The molecule has 10 heteroatoms. The van der Waals surface area contributed by atoms with Gasteiger partial charge in [0.05, 0.1) is 27.1 Å². The van der Waals surface area contributed by atoms with E-state index in [4.69, 9.17) is 4.74 Å². The summed E-state index contributed by atoms with van der Waals surface area (Å²) >= 11 is 1.15. The van der Waals surface area contributed by atoms with Gasteiger partial charge in [-0.25, -0.2) is 13.4 Å². The predicted octanol–water partition coefficient (Wildman–Crippen LogP) is 4.30. The Hall–Kier alpha value is -2.82. The molecule has 1 N–H and O–H groups in total. The van der Waals surface area contributed by atoms with Crippen LogP contribution in [0.2, 0.25) is 0 Å². The predicted molar refractivity (Wildman–Crippen MR) is 131 cm³/mol. The van der Waals surface area contributed by atoms with Crippen LogP contribution in [0.4, 0.5) is 16.5 Å². The van der Waals surface area contributed by atoms with Crippen LogP contribution in [-0.2, 0) is 19.4 Å². The molecular formula is C24H26N4O4S2. The number of ether oxygens (including phenoxy) is 1. The third kappa shape index (κ3) is 4.21. The van der Waals surface area contributed by atoms with Gasteiger partial charge in [0.15, 0.2) is 0 Å². The summed E-state index contributed by atoms with van der Waals surface area (Å²) in [5.41, 5.74) is 1.99. The molecule has 1 atom stereocenters. The van der Waals surface area contributed by atoms with Crippen LogP contribution >= 0.6 is 11.5 Å². The maximum atomic E-state index is 13.4. The molecule has 1 amide bonds. The van der Waals surface area contributed by atoms with Crippen LogP contribution in [-0.4, -0.2) is 43.9 Å². The third-order valence-corrected chi connectivity index (χ3v) is 9.11. The summed E-state index contributed by atoms with van der Waals surface area (Å²) in [6.07, 6.45) is 2.45. The largest absolute Gasteiger partial charge is 0.381 e. The highest BCUT2D eigenvalue weighted by Crippen LogP contribution is 2.44. The van der Waals surface area contributed by atoms with E-state index in [0.29, 0.717) is 52.8 Å². The van der Waals surface area contributed by atoms with Crippen molar-refractivity contribution in [3.8, 4) is 0 Å². The molecule has 34 heavy (non-hydrogen) atoms. The Morgan fingerprint density at radius 1 is 1.18 bits per heavy atom. The van der Waals surface area contributed by atoms with E-state index in [1.807, 2.05) is 24.1 Å². The quantitative estimate of drug-likeness (QED) is 0.560. The van der Waals surface area contributed by atoms with Crippen molar-refractivity contribution in [2.24, 2.45) is 5.92 Å². The van der Waals surface area contributed by atoms with Gasteiger partial charge in [-0.1, -0.05) is 18.2 Å². The number of carbonyl (C=O) groups excluding carboxylic acids is 1. The average Bonchev–Trinajstić information content (AvgIpc) is 3.26. The molecule has 1 fully saturated rings. The molecule has 8 nitrogen and oxygen atoms in total. The molecule has 0 spiro atoms. The fraction of sp³-hybridized carbons (Fsp3) is 0.375. The molecule has 178 valence electrons. The van der Waals surface area contributed by atoms with E-state index in [1.54, 1.807) is 37.3 Å². The molecule has 2 aliphatic rings. The van der Waals surface area contributed by atoms with E-state index >= 15 is 0 Å². The highest BCUT2D eigenvalue weighted by Gasteiger charge is 2.34. The van der Waals surface area contributed by atoms with Crippen molar-refractivity contribution < 1.29 is 17.9 Å². The molecule has 1 unspecified atom stereocenters. The van der Waals surface area contributed by atoms with E-state index in [9.17, 15) is 13.2 Å². The standard InChI is InChI=1S/C24H26N4O4S2/c1-15-25-24(33-27-15)26-23(29)18(13-16-9-11-32-12-10-16)17-7-8-22-20(14-17)28(2)19-5-3-4-6-21(19)34(22,30)31/h3-8,14,16,18H,9-13H2,1-2H3,(H,25,26,27,29). The second-order valence-corrected chi connectivity index (χ2v) is 11.4. The number of rotatable bonds is 5. The zero-order valence-electron chi connectivity index (χ0n) is 19.0. The Morgan fingerprint density at radius 2 is 1.91 bits per heavy atom. The first-order valence-corrected chi connectivity index (χ1v) is 13.5. The van der Waals surface area contributed by atoms with E-state index in [2.05, 4.69) is 14.7 Å². The first kappa shape index (κ1) is 22.9. The Morgan fingerprint density at radius 3 is 2.65 bits per heavy atom. The van der Waals surface area contributed by atoms with Crippen molar-refractivity contribution in [1.82, 2.24) is 9.36 Å². The number of hydrogen-bond donors (Lipinski definition) is 1. The number of nitrogens with zero attached hydrogens (tertiary/aromatic N) is 3. The molecular weight excluding hydrogens is 472 g/mol. The van der Waals surface area contributed by atoms with Gasteiger partial charge in [0, 0.05) is 31.8 Å². The molecule has 1 aromatic heterocycles. The number of hydrogen-bond acceptors (Lipinski definition) is 8. The van der Waals surface area contributed by atoms with Gasteiger partial charge >= 0.3 is 0 Å². The first-order valence-electron chi connectivity index (χ1n) is 11.3. The monoisotopic (exact) mass is 498 g/mol. The molecule has 3 aromatic rings. The van der Waals surface area contributed by atoms with Crippen LogP contribution < -0.4 is 10.2 Å². The number of aromatic nitrogens is 2. The molecule has 1 saturated heterocycles. The Balaban J connectivity index is 1.53. The Kier molecular flexibility index (Phi) is 6.13. The lowest BCUT2D eigenvalue weighted by Crippen LogP contribution is -2.27. The number of amides is 1. The minimum Gasteiger partial charge on any atom is -0.381 e. The molecule has 3 heterocycles. The Labute approximate surface area is 203 Å². The number of carbonyl (C=O) groups is 1. The summed E-state index contributed by atoms with van der Waals surface area (Å²) in [7, 11) is -1.79. The van der Waals surface area contributed by atoms with Crippen molar-refractivity contribution in [2.45, 2.75) is 41.9 Å². The van der Waals surface area contributed by atoms with E-state index in [1.165, 1.54) is 0 Å². The second kappa shape index (κ2) is 9.09. The fourth-order valence-electron chi connectivity index (χ4n) is 4.70. The second-order valence-electron chi connectivity index (χ2n) is 8.74. The normalized spacial score (nSPS) is 18.1. The molecule has 0 saturated carbocycles. The molecule has 0 aliphatic carbocycles. The van der Waals surface area contributed by atoms with Crippen LogP contribution in [0.3, 0.4) is 0 Å².